The van der Waals surface area contributed by atoms with Crippen molar-refractivity contribution < 1.29 is 9.53 Å². The van der Waals surface area contributed by atoms with Crippen molar-refractivity contribution in [3.05, 3.63) is 45.7 Å². The van der Waals surface area contributed by atoms with Gasteiger partial charge in [0.2, 0.25) is 5.78 Å². The van der Waals surface area contributed by atoms with Crippen molar-refractivity contribution in [2.24, 2.45) is 0 Å². The van der Waals surface area contributed by atoms with E-state index in [0.29, 0.717) is 23.6 Å². The van der Waals surface area contributed by atoms with E-state index in [1.54, 1.807) is 18.0 Å². The monoisotopic (exact) mass is 322 g/mol. The van der Waals surface area contributed by atoms with Crippen LogP contribution in [-0.2, 0) is 6.54 Å². The summed E-state index contributed by atoms with van der Waals surface area (Å²) < 4.78 is 7.77. The molecule has 4 nitrogen and oxygen atoms in total. The van der Waals surface area contributed by atoms with Gasteiger partial charge in [-0.3, -0.25) is 9.48 Å². The van der Waals surface area contributed by atoms with Crippen molar-refractivity contribution in [3.63, 3.8) is 0 Å². The lowest BCUT2D eigenvalue weighted by molar-refractivity contribution is 0.102. The van der Waals surface area contributed by atoms with Crippen molar-refractivity contribution in [1.82, 2.24) is 9.78 Å². The number of ketones is 1. The molecule has 0 amide bonds. The van der Waals surface area contributed by atoms with Crippen LogP contribution in [-0.4, -0.2) is 22.7 Å². The molecular formula is C14H15BrN2O2. The van der Waals surface area contributed by atoms with E-state index in [0.717, 1.165) is 10.0 Å². The predicted molar refractivity (Wildman–Crippen MR) is 76.8 cm³/mol. The van der Waals surface area contributed by atoms with Crippen LogP contribution < -0.4 is 4.74 Å². The molecule has 1 heterocycles. The maximum absolute atomic E-state index is 12.6. The summed E-state index contributed by atoms with van der Waals surface area (Å²) in [6.45, 7) is 4.54. The van der Waals surface area contributed by atoms with E-state index in [1.165, 1.54) is 0 Å². The number of rotatable bonds is 4. The van der Waals surface area contributed by atoms with Crippen LogP contribution in [0.2, 0.25) is 0 Å². The first kappa shape index (κ1) is 13.8. The largest absolute Gasteiger partial charge is 0.493 e. The van der Waals surface area contributed by atoms with Gasteiger partial charge in [0, 0.05) is 16.6 Å². The first-order valence-corrected chi connectivity index (χ1v) is 6.78. The molecule has 0 aliphatic carbocycles. The number of benzene rings is 1. The van der Waals surface area contributed by atoms with E-state index in [2.05, 4.69) is 21.0 Å². The molecule has 2 aromatic rings. The number of carbonyl (C=O) groups excluding carboxylic acids is 1. The van der Waals surface area contributed by atoms with E-state index in [4.69, 9.17) is 4.74 Å². The molecule has 100 valence electrons. The van der Waals surface area contributed by atoms with Crippen LogP contribution >= 0.6 is 15.9 Å². The number of hydrogen-bond acceptors (Lipinski definition) is 3. The second kappa shape index (κ2) is 5.57. The fraction of sp³-hybridized carbons (Fsp3) is 0.286. The maximum atomic E-state index is 12.6. The quantitative estimate of drug-likeness (QED) is 0.812. The van der Waals surface area contributed by atoms with Gasteiger partial charge in [-0.15, -0.1) is 0 Å². The average Bonchev–Trinajstić information content (AvgIpc) is 2.83. The fourth-order valence-electron chi connectivity index (χ4n) is 1.86. The van der Waals surface area contributed by atoms with Gasteiger partial charge in [-0.2, -0.15) is 5.10 Å². The number of methoxy groups -OCH3 is 1. The Morgan fingerprint density at radius 2 is 2.21 bits per heavy atom. The molecule has 0 radical (unpaired) electrons. The van der Waals surface area contributed by atoms with Gasteiger partial charge in [-0.1, -0.05) is 28.1 Å². The number of aryl methyl sites for hydroxylation is 2. The van der Waals surface area contributed by atoms with Gasteiger partial charge in [0.25, 0.3) is 0 Å². The normalized spacial score (nSPS) is 10.5. The second-order valence-electron chi connectivity index (χ2n) is 4.17. The Hall–Kier alpha value is -1.62. The number of aromatic nitrogens is 2. The Bertz CT molecular complexity index is 598. The van der Waals surface area contributed by atoms with Crippen LogP contribution in [0.5, 0.6) is 5.75 Å². The number of halogens is 1. The molecule has 2 rings (SSSR count). The minimum absolute atomic E-state index is 0.0862. The molecule has 0 aliphatic rings. The number of nitrogens with zero attached hydrogens (tertiary/aromatic N) is 2. The molecule has 0 fully saturated rings. The Morgan fingerprint density at radius 3 is 2.79 bits per heavy atom. The summed E-state index contributed by atoms with van der Waals surface area (Å²) >= 11 is 3.44. The third-order valence-electron chi connectivity index (χ3n) is 2.97. The van der Waals surface area contributed by atoms with Crippen molar-refractivity contribution in [2.75, 3.05) is 7.11 Å². The Kier molecular flexibility index (Phi) is 4.04. The van der Waals surface area contributed by atoms with Crippen molar-refractivity contribution in [3.8, 4) is 5.75 Å². The third kappa shape index (κ3) is 2.56. The van der Waals surface area contributed by atoms with E-state index in [1.807, 2.05) is 32.0 Å². The van der Waals surface area contributed by atoms with Crippen LogP contribution in [0.25, 0.3) is 0 Å². The molecule has 5 heteroatoms. The Balaban J connectivity index is 2.49. The van der Waals surface area contributed by atoms with Crippen LogP contribution in [0.1, 0.15) is 28.5 Å². The molecule has 19 heavy (non-hydrogen) atoms. The van der Waals surface area contributed by atoms with Gasteiger partial charge in [0.1, 0.15) is 0 Å². The summed E-state index contributed by atoms with van der Waals surface area (Å²) in [6.07, 6.45) is 1.57. The molecule has 0 aliphatic heterocycles. The van der Waals surface area contributed by atoms with Crippen LogP contribution in [0.3, 0.4) is 0 Å². The van der Waals surface area contributed by atoms with Gasteiger partial charge in [0.15, 0.2) is 11.4 Å². The van der Waals surface area contributed by atoms with Crippen LogP contribution in [0.15, 0.2) is 28.9 Å². The topological polar surface area (TPSA) is 44.1 Å². The standard InChI is InChI=1S/C14H15BrN2O2/c1-4-17-13(12(19-3)8-16-17)14(18)10-6-5-9(2)11(15)7-10/h5-8H,4H2,1-3H3. The first-order valence-electron chi connectivity index (χ1n) is 5.99. The molecule has 0 unspecified atom stereocenters. The van der Waals surface area contributed by atoms with Crippen LogP contribution in [0, 0.1) is 6.92 Å². The zero-order chi connectivity index (χ0) is 14.0. The van der Waals surface area contributed by atoms with Gasteiger partial charge < -0.3 is 4.74 Å². The van der Waals surface area contributed by atoms with Crippen molar-refractivity contribution in [1.29, 1.82) is 0 Å². The van der Waals surface area contributed by atoms with Gasteiger partial charge in [-0.25, -0.2) is 0 Å². The highest BCUT2D eigenvalue weighted by atomic mass is 79.9. The van der Waals surface area contributed by atoms with E-state index in [9.17, 15) is 4.79 Å². The Morgan fingerprint density at radius 1 is 1.47 bits per heavy atom. The molecular weight excluding hydrogens is 308 g/mol. The summed E-state index contributed by atoms with van der Waals surface area (Å²) in [6, 6.07) is 5.55. The number of carbonyl (C=O) groups is 1. The number of hydrogen-bond donors (Lipinski definition) is 0. The zero-order valence-corrected chi connectivity index (χ0v) is 12.7. The molecule has 0 bridgehead atoms. The summed E-state index contributed by atoms with van der Waals surface area (Å²) in [5, 5.41) is 4.15. The third-order valence-corrected chi connectivity index (χ3v) is 3.83. The summed E-state index contributed by atoms with van der Waals surface area (Å²) in [7, 11) is 1.54. The maximum Gasteiger partial charge on any atom is 0.214 e. The first-order chi connectivity index (χ1) is 9.08. The highest BCUT2D eigenvalue weighted by Gasteiger charge is 2.20. The molecule has 1 aromatic carbocycles. The minimum atomic E-state index is -0.0862. The van der Waals surface area contributed by atoms with Crippen molar-refractivity contribution in [2.45, 2.75) is 20.4 Å². The fourth-order valence-corrected chi connectivity index (χ4v) is 2.24. The number of ether oxygens (including phenoxy) is 1. The lowest BCUT2D eigenvalue weighted by atomic mass is 10.1. The van der Waals surface area contributed by atoms with Crippen molar-refractivity contribution >= 4 is 21.7 Å². The van der Waals surface area contributed by atoms with Crippen LogP contribution in [0.4, 0.5) is 0 Å². The van der Waals surface area contributed by atoms with E-state index < -0.39 is 0 Å². The minimum Gasteiger partial charge on any atom is -0.493 e. The summed E-state index contributed by atoms with van der Waals surface area (Å²) in [5.41, 5.74) is 2.19. The van der Waals surface area contributed by atoms with Gasteiger partial charge in [-0.05, 0) is 25.5 Å². The lowest BCUT2D eigenvalue weighted by Gasteiger charge is -2.07. The molecule has 0 saturated heterocycles. The molecule has 0 spiro atoms. The smallest absolute Gasteiger partial charge is 0.214 e. The van der Waals surface area contributed by atoms with Gasteiger partial charge in [0.05, 0.1) is 13.3 Å². The van der Waals surface area contributed by atoms with E-state index >= 15 is 0 Å². The molecule has 1 aromatic heterocycles. The van der Waals surface area contributed by atoms with Gasteiger partial charge >= 0.3 is 0 Å². The average molecular weight is 323 g/mol. The van der Waals surface area contributed by atoms with E-state index in [-0.39, 0.29) is 5.78 Å². The second-order valence-corrected chi connectivity index (χ2v) is 5.02. The predicted octanol–water partition coefficient (Wildman–Crippen LogP) is 3.21. The highest BCUT2D eigenvalue weighted by Crippen LogP contribution is 2.24. The lowest BCUT2D eigenvalue weighted by Crippen LogP contribution is -2.11. The summed E-state index contributed by atoms with van der Waals surface area (Å²) in [5.74, 6) is 0.417. The zero-order valence-electron chi connectivity index (χ0n) is 11.1. The molecule has 0 atom stereocenters. The summed E-state index contributed by atoms with van der Waals surface area (Å²) in [4.78, 5) is 12.6. The molecule has 0 saturated carbocycles. The highest BCUT2D eigenvalue weighted by molar-refractivity contribution is 9.10. The SMILES string of the molecule is CCn1ncc(OC)c1C(=O)c1ccc(C)c(Br)c1. The molecule has 0 N–H and O–H groups in total. The Labute approximate surface area is 120 Å².